The summed E-state index contributed by atoms with van der Waals surface area (Å²) >= 11 is 0. The van der Waals surface area contributed by atoms with E-state index in [-0.39, 0.29) is 5.97 Å². The van der Waals surface area contributed by atoms with Gasteiger partial charge in [0, 0.05) is 18.3 Å². The predicted molar refractivity (Wildman–Crippen MR) is 73.8 cm³/mol. The summed E-state index contributed by atoms with van der Waals surface area (Å²) in [6.07, 6.45) is 5.22. The third-order valence-corrected chi connectivity index (χ3v) is 3.64. The number of aromatic nitrogens is 1. The van der Waals surface area contributed by atoms with Crippen molar-refractivity contribution in [2.45, 2.75) is 45.2 Å². The van der Waals surface area contributed by atoms with Crippen molar-refractivity contribution in [2.24, 2.45) is 0 Å². The molecule has 1 aromatic heterocycles. The van der Waals surface area contributed by atoms with Crippen molar-refractivity contribution in [3.05, 3.63) is 23.9 Å². The maximum Gasteiger partial charge on any atom is 0.341 e. The Morgan fingerprint density at radius 2 is 2.11 bits per heavy atom. The number of nitrogens with zero attached hydrogens (tertiary/aromatic N) is 2. The minimum Gasteiger partial charge on any atom is -0.465 e. The molecule has 0 amide bonds. The smallest absolute Gasteiger partial charge is 0.341 e. The first-order valence-electron chi connectivity index (χ1n) is 6.71. The lowest BCUT2D eigenvalue weighted by atomic mass is 10.00. The number of methoxy groups -OCH3 is 1. The van der Waals surface area contributed by atoms with Crippen molar-refractivity contribution >= 4 is 11.8 Å². The van der Waals surface area contributed by atoms with Crippen LogP contribution in [0, 0.1) is 0 Å². The molecule has 5 heteroatoms. The van der Waals surface area contributed by atoms with Gasteiger partial charge in [-0.05, 0) is 38.8 Å². The van der Waals surface area contributed by atoms with Crippen LogP contribution in [-0.2, 0) is 4.74 Å². The second-order valence-corrected chi connectivity index (χ2v) is 5.04. The Morgan fingerprint density at radius 1 is 1.42 bits per heavy atom. The van der Waals surface area contributed by atoms with Crippen LogP contribution in [0.4, 0.5) is 5.82 Å². The maximum atomic E-state index is 11.7. The first-order chi connectivity index (χ1) is 9.13. The molecule has 2 atom stereocenters. The van der Waals surface area contributed by atoms with Crippen LogP contribution in [0.25, 0.3) is 0 Å². The highest BCUT2D eigenvalue weighted by molar-refractivity contribution is 5.94. The Bertz CT molecular complexity index is 440. The highest BCUT2D eigenvalue weighted by Gasteiger charge is 2.26. The fourth-order valence-corrected chi connectivity index (χ4v) is 2.53. The normalized spacial score (nSPS) is 23.9. The van der Waals surface area contributed by atoms with Gasteiger partial charge in [0.1, 0.15) is 5.56 Å². The SMILES string of the molecule is COC(=O)c1cccnc1NN1C(C)CCCC1C. The van der Waals surface area contributed by atoms with Gasteiger partial charge in [0.25, 0.3) is 0 Å². The van der Waals surface area contributed by atoms with Crippen LogP contribution >= 0.6 is 0 Å². The fraction of sp³-hybridized carbons (Fsp3) is 0.571. The number of hydrogen-bond acceptors (Lipinski definition) is 5. The molecule has 1 saturated heterocycles. The molecular formula is C14H21N3O2. The number of rotatable bonds is 3. The summed E-state index contributed by atoms with van der Waals surface area (Å²) in [5, 5.41) is 2.18. The second kappa shape index (κ2) is 6.02. The zero-order valence-corrected chi connectivity index (χ0v) is 11.7. The van der Waals surface area contributed by atoms with E-state index < -0.39 is 0 Å². The lowest BCUT2D eigenvalue weighted by molar-refractivity contribution is 0.0599. The zero-order chi connectivity index (χ0) is 13.8. The summed E-state index contributed by atoms with van der Waals surface area (Å²) in [7, 11) is 1.38. The molecular weight excluding hydrogens is 242 g/mol. The molecule has 1 aromatic rings. The summed E-state index contributed by atoms with van der Waals surface area (Å²) in [6, 6.07) is 4.31. The number of pyridine rings is 1. The molecule has 1 fully saturated rings. The van der Waals surface area contributed by atoms with E-state index in [1.54, 1.807) is 18.3 Å². The van der Waals surface area contributed by atoms with E-state index in [9.17, 15) is 4.79 Å². The van der Waals surface area contributed by atoms with Gasteiger partial charge in [0.2, 0.25) is 0 Å². The Hall–Kier alpha value is -1.62. The number of carbonyl (C=O) groups excluding carboxylic acids is 1. The van der Waals surface area contributed by atoms with E-state index in [1.807, 2.05) is 0 Å². The summed E-state index contributed by atoms with van der Waals surface area (Å²) in [5.74, 6) is 0.197. The van der Waals surface area contributed by atoms with Gasteiger partial charge < -0.3 is 10.2 Å². The number of piperidine rings is 1. The van der Waals surface area contributed by atoms with Gasteiger partial charge in [0.15, 0.2) is 5.82 Å². The molecule has 104 valence electrons. The monoisotopic (exact) mass is 263 g/mol. The van der Waals surface area contributed by atoms with Gasteiger partial charge in [0.05, 0.1) is 7.11 Å². The highest BCUT2D eigenvalue weighted by atomic mass is 16.5. The van der Waals surface area contributed by atoms with Crippen LogP contribution in [0.3, 0.4) is 0 Å². The Balaban J connectivity index is 2.20. The van der Waals surface area contributed by atoms with E-state index in [0.29, 0.717) is 23.5 Å². The Labute approximate surface area is 113 Å². The van der Waals surface area contributed by atoms with Crippen molar-refractivity contribution in [3.8, 4) is 0 Å². The first-order valence-corrected chi connectivity index (χ1v) is 6.71. The van der Waals surface area contributed by atoms with E-state index in [0.717, 1.165) is 12.8 Å². The number of anilines is 1. The number of carbonyl (C=O) groups is 1. The van der Waals surface area contributed by atoms with Crippen LogP contribution in [-0.4, -0.2) is 35.2 Å². The van der Waals surface area contributed by atoms with Crippen LogP contribution in [0.5, 0.6) is 0 Å². The number of esters is 1. The maximum absolute atomic E-state index is 11.7. The van der Waals surface area contributed by atoms with Crippen molar-refractivity contribution in [1.29, 1.82) is 0 Å². The number of ether oxygens (including phenoxy) is 1. The third kappa shape index (κ3) is 3.04. The Morgan fingerprint density at radius 3 is 2.74 bits per heavy atom. The van der Waals surface area contributed by atoms with Crippen LogP contribution in [0.1, 0.15) is 43.5 Å². The van der Waals surface area contributed by atoms with E-state index >= 15 is 0 Å². The molecule has 2 rings (SSSR count). The van der Waals surface area contributed by atoms with Crippen LogP contribution in [0.2, 0.25) is 0 Å². The van der Waals surface area contributed by atoms with E-state index in [4.69, 9.17) is 4.74 Å². The molecule has 5 nitrogen and oxygen atoms in total. The van der Waals surface area contributed by atoms with Crippen molar-refractivity contribution < 1.29 is 9.53 Å². The molecule has 0 aromatic carbocycles. The third-order valence-electron chi connectivity index (χ3n) is 3.64. The van der Waals surface area contributed by atoms with E-state index in [1.165, 1.54) is 13.5 Å². The summed E-state index contributed by atoms with van der Waals surface area (Å²) in [6.45, 7) is 4.37. The molecule has 0 saturated carbocycles. The lowest BCUT2D eigenvalue weighted by Gasteiger charge is -2.39. The molecule has 19 heavy (non-hydrogen) atoms. The Kier molecular flexibility index (Phi) is 4.37. The average Bonchev–Trinajstić information content (AvgIpc) is 2.42. The van der Waals surface area contributed by atoms with Gasteiger partial charge in [-0.15, -0.1) is 0 Å². The topological polar surface area (TPSA) is 54.5 Å². The summed E-state index contributed by atoms with van der Waals surface area (Å²) < 4.78 is 4.78. The second-order valence-electron chi connectivity index (χ2n) is 5.04. The molecule has 0 aliphatic carbocycles. The first kappa shape index (κ1) is 13.8. The number of nitrogens with one attached hydrogen (secondary N) is 1. The molecule has 0 bridgehead atoms. The minimum absolute atomic E-state index is 0.368. The molecule has 1 aliphatic rings. The number of hydrogen-bond donors (Lipinski definition) is 1. The molecule has 0 spiro atoms. The van der Waals surface area contributed by atoms with Crippen molar-refractivity contribution in [2.75, 3.05) is 12.5 Å². The van der Waals surface area contributed by atoms with Gasteiger partial charge in [-0.3, -0.25) is 0 Å². The van der Waals surface area contributed by atoms with Gasteiger partial charge in [-0.2, -0.15) is 0 Å². The van der Waals surface area contributed by atoms with Crippen LogP contribution < -0.4 is 5.43 Å². The van der Waals surface area contributed by atoms with Gasteiger partial charge in [-0.1, -0.05) is 6.42 Å². The average molecular weight is 263 g/mol. The van der Waals surface area contributed by atoms with Gasteiger partial charge in [-0.25, -0.2) is 14.8 Å². The molecule has 1 N–H and O–H groups in total. The highest BCUT2D eigenvalue weighted by Crippen LogP contribution is 2.24. The lowest BCUT2D eigenvalue weighted by Crippen LogP contribution is -2.47. The molecule has 2 unspecified atom stereocenters. The van der Waals surface area contributed by atoms with Crippen molar-refractivity contribution in [3.63, 3.8) is 0 Å². The predicted octanol–water partition coefficient (Wildman–Crippen LogP) is 2.46. The van der Waals surface area contributed by atoms with E-state index in [2.05, 4.69) is 29.3 Å². The molecule has 1 aliphatic heterocycles. The summed E-state index contributed by atoms with van der Waals surface area (Å²) in [5.41, 5.74) is 3.75. The minimum atomic E-state index is -0.368. The molecule has 0 radical (unpaired) electrons. The number of hydrazine groups is 1. The van der Waals surface area contributed by atoms with Crippen LogP contribution in [0.15, 0.2) is 18.3 Å². The quantitative estimate of drug-likeness (QED) is 0.849. The standard InChI is InChI=1S/C14H21N3O2/c1-10-6-4-7-11(2)17(10)16-13-12(14(18)19-3)8-5-9-15-13/h5,8-11H,4,6-7H2,1-3H3,(H,15,16). The van der Waals surface area contributed by atoms with Gasteiger partial charge >= 0.3 is 5.97 Å². The largest absolute Gasteiger partial charge is 0.465 e. The zero-order valence-electron chi connectivity index (χ0n) is 11.7. The summed E-state index contributed by atoms with van der Waals surface area (Å²) in [4.78, 5) is 16.0. The molecule has 2 heterocycles. The fourth-order valence-electron chi connectivity index (χ4n) is 2.53. The van der Waals surface area contributed by atoms with Crippen molar-refractivity contribution in [1.82, 2.24) is 9.99 Å².